The van der Waals surface area contributed by atoms with Gasteiger partial charge in [-0.2, -0.15) is 0 Å². The topological polar surface area (TPSA) is 12.4 Å². The fraction of sp³-hybridized carbons (Fsp3) is 0.350. The molecule has 2 aliphatic rings. The molecule has 3 rings (SSSR count). The number of hydrogen-bond donors (Lipinski definition) is 0. The highest BCUT2D eigenvalue weighted by Crippen LogP contribution is 2.30. The standard InChI is InChI=1S/C20H23N/c1-16-20-18(13-8-14-21-16)11-6-3-7-12-19(20)15-17-9-4-2-5-10-17/h2-6,9-11H,7-8,12-15H2,1H3. The van der Waals surface area contributed by atoms with E-state index in [0.29, 0.717) is 0 Å². The highest BCUT2D eigenvalue weighted by molar-refractivity contribution is 6.03. The summed E-state index contributed by atoms with van der Waals surface area (Å²) in [5, 5.41) is 0. The summed E-state index contributed by atoms with van der Waals surface area (Å²) in [6, 6.07) is 10.8. The Labute approximate surface area is 127 Å². The van der Waals surface area contributed by atoms with Gasteiger partial charge in [0.2, 0.25) is 0 Å². The number of rotatable bonds is 2. The lowest BCUT2D eigenvalue weighted by molar-refractivity contribution is 0.840. The maximum atomic E-state index is 4.77. The molecule has 0 spiro atoms. The van der Waals surface area contributed by atoms with E-state index in [0.717, 1.165) is 32.2 Å². The minimum Gasteiger partial charge on any atom is -0.289 e. The van der Waals surface area contributed by atoms with Crippen LogP contribution in [0.25, 0.3) is 0 Å². The average molecular weight is 277 g/mol. The first-order valence-electron chi connectivity index (χ1n) is 7.98. The van der Waals surface area contributed by atoms with Crippen molar-refractivity contribution in [3.63, 3.8) is 0 Å². The fourth-order valence-corrected chi connectivity index (χ4v) is 3.28. The van der Waals surface area contributed by atoms with Gasteiger partial charge in [-0.15, -0.1) is 0 Å². The first-order valence-corrected chi connectivity index (χ1v) is 7.98. The van der Waals surface area contributed by atoms with E-state index in [9.17, 15) is 0 Å². The molecule has 1 nitrogen and oxygen atoms in total. The Kier molecular flexibility index (Phi) is 4.49. The Morgan fingerprint density at radius 1 is 1.10 bits per heavy atom. The lowest BCUT2D eigenvalue weighted by atomic mass is 9.87. The SMILES string of the molecule is CC1=NCCCC2=CC=CCCC(Cc3ccccc3)=C21. The Morgan fingerprint density at radius 2 is 1.95 bits per heavy atom. The summed E-state index contributed by atoms with van der Waals surface area (Å²) in [5.41, 5.74) is 7.12. The monoisotopic (exact) mass is 277 g/mol. The summed E-state index contributed by atoms with van der Waals surface area (Å²) in [5.74, 6) is 0. The van der Waals surface area contributed by atoms with E-state index in [2.05, 4.69) is 55.5 Å². The lowest BCUT2D eigenvalue weighted by Gasteiger charge is -2.18. The van der Waals surface area contributed by atoms with Gasteiger partial charge in [-0.05, 0) is 55.7 Å². The molecule has 0 amide bonds. The molecule has 1 aliphatic heterocycles. The molecule has 108 valence electrons. The number of allylic oxidation sites excluding steroid dienone is 6. The number of fused-ring (bicyclic) bond motifs is 1. The molecule has 1 aromatic rings. The van der Waals surface area contributed by atoms with Gasteiger partial charge < -0.3 is 0 Å². The Morgan fingerprint density at radius 3 is 2.81 bits per heavy atom. The van der Waals surface area contributed by atoms with Crippen LogP contribution in [0.2, 0.25) is 0 Å². The van der Waals surface area contributed by atoms with Crippen molar-refractivity contribution < 1.29 is 0 Å². The van der Waals surface area contributed by atoms with Crippen LogP contribution in [0.4, 0.5) is 0 Å². The van der Waals surface area contributed by atoms with Gasteiger partial charge in [0.1, 0.15) is 0 Å². The zero-order valence-corrected chi connectivity index (χ0v) is 12.8. The van der Waals surface area contributed by atoms with Gasteiger partial charge in [-0.1, -0.05) is 54.1 Å². The van der Waals surface area contributed by atoms with Crippen molar-refractivity contribution in [1.29, 1.82) is 0 Å². The largest absolute Gasteiger partial charge is 0.289 e. The molecule has 1 aliphatic carbocycles. The molecule has 0 atom stereocenters. The summed E-state index contributed by atoms with van der Waals surface area (Å²) in [4.78, 5) is 4.77. The van der Waals surface area contributed by atoms with Gasteiger partial charge in [0.05, 0.1) is 0 Å². The molecule has 0 fully saturated rings. The van der Waals surface area contributed by atoms with Gasteiger partial charge in [-0.3, -0.25) is 4.99 Å². The third-order valence-corrected chi connectivity index (χ3v) is 4.30. The van der Waals surface area contributed by atoms with E-state index < -0.39 is 0 Å². The third kappa shape index (κ3) is 3.41. The summed E-state index contributed by atoms with van der Waals surface area (Å²) in [7, 11) is 0. The van der Waals surface area contributed by atoms with Crippen molar-refractivity contribution in [1.82, 2.24) is 0 Å². The quantitative estimate of drug-likeness (QED) is 0.716. The second kappa shape index (κ2) is 6.71. The lowest BCUT2D eigenvalue weighted by Crippen LogP contribution is -2.07. The maximum absolute atomic E-state index is 4.77. The fourth-order valence-electron chi connectivity index (χ4n) is 3.28. The van der Waals surface area contributed by atoms with E-state index in [1.807, 2.05) is 0 Å². The summed E-state index contributed by atoms with van der Waals surface area (Å²) in [6.07, 6.45) is 12.5. The van der Waals surface area contributed by atoms with Crippen LogP contribution in [0.15, 0.2) is 70.3 Å². The van der Waals surface area contributed by atoms with Crippen molar-refractivity contribution in [2.45, 2.75) is 39.0 Å². The van der Waals surface area contributed by atoms with Crippen LogP contribution >= 0.6 is 0 Å². The molecular formula is C20H23N. The normalized spacial score (nSPS) is 19.1. The molecule has 0 radical (unpaired) electrons. The molecule has 21 heavy (non-hydrogen) atoms. The first-order chi connectivity index (χ1) is 10.3. The van der Waals surface area contributed by atoms with Crippen molar-refractivity contribution in [3.8, 4) is 0 Å². The Hall–Kier alpha value is -1.89. The van der Waals surface area contributed by atoms with Gasteiger partial charge in [0.15, 0.2) is 0 Å². The van der Waals surface area contributed by atoms with Crippen LogP contribution in [0.5, 0.6) is 0 Å². The van der Waals surface area contributed by atoms with E-state index in [1.165, 1.54) is 28.8 Å². The van der Waals surface area contributed by atoms with Crippen LogP contribution in [-0.4, -0.2) is 12.3 Å². The predicted octanol–water partition coefficient (Wildman–Crippen LogP) is 5.06. The van der Waals surface area contributed by atoms with E-state index in [4.69, 9.17) is 4.99 Å². The van der Waals surface area contributed by atoms with E-state index in [-0.39, 0.29) is 0 Å². The highest BCUT2D eigenvalue weighted by Gasteiger charge is 2.17. The molecule has 0 bridgehead atoms. The molecule has 0 N–H and O–H groups in total. The smallest absolute Gasteiger partial charge is 0.0395 e. The number of hydrogen-bond acceptors (Lipinski definition) is 1. The summed E-state index contributed by atoms with van der Waals surface area (Å²) < 4.78 is 0. The van der Waals surface area contributed by atoms with Crippen LogP contribution in [0, 0.1) is 0 Å². The second-order valence-electron chi connectivity index (χ2n) is 5.87. The molecule has 0 aromatic heterocycles. The van der Waals surface area contributed by atoms with Crippen molar-refractivity contribution in [2.75, 3.05) is 6.54 Å². The highest BCUT2D eigenvalue weighted by atomic mass is 14.7. The van der Waals surface area contributed by atoms with E-state index >= 15 is 0 Å². The third-order valence-electron chi connectivity index (χ3n) is 4.30. The van der Waals surface area contributed by atoms with Gasteiger partial charge >= 0.3 is 0 Å². The van der Waals surface area contributed by atoms with Gasteiger partial charge in [-0.25, -0.2) is 0 Å². The average Bonchev–Trinajstić information content (AvgIpc) is 2.65. The minimum atomic E-state index is 0.967. The van der Waals surface area contributed by atoms with Crippen molar-refractivity contribution in [2.24, 2.45) is 4.99 Å². The molecule has 0 saturated heterocycles. The van der Waals surface area contributed by atoms with Crippen molar-refractivity contribution in [3.05, 3.63) is 70.8 Å². The van der Waals surface area contributed by atoms with Gasteiger partial charge in [0, 0.05) is 12.3 Å². The van der Waals surface area contributed by atoms with E-state index in [1.54, 1.807) is 5.57 Å². The maximum Gasteiger partial charge on any atom is 0.0395 e. The number of nitrogens with zero attached hydrogens (tertiary/aromatic N) is 1. The van der Waals surface area contributed by atoms with Crippen LogP contribution in [-0.2, 0) is 6.42 Å². The molecular weight excluding hydrogens is 254 g/mol. The zero-order chi connectivity index (χ0) is 14.5. The Balaban J connectivity index is 2.04. The molecule has 0 saturated carbocycles. The zero-order valence-electron chi connectivity index (χ0n) is 12.8. The van der Waals surface area contributed by atoms with Crippen LogP contribution in [0.3, 0.4) is 0 Å². The Bertz CT molecular complexity index is 614. The number of aliphatic imine (C=N–C) groups is 1. The van der Waals surface area contributed by atoms with Crippen molar-refractivity contribution >= 4 is 5.71 Å². The summed E-state index contributed by atoms with van der Waals surface area (Å²) >= 11 is 0. The second-order valence-corrected chi connectivity index (χ2v) is 5.87. The first kappa shape index (κ1) is 14.1. The predicted molar refractivity (Wildman–Crippen MR) is 90.8 cm³/mol. The minimum absolute atomic E-state index is 0.967. The number of benzene rings is 1. The van der Waals surface area contributed by atoms with Crippen LogP contribution in [0.1, 0.15) is 38.2 Å². The molecule has 1 heterocycles. The molecule has 1 aromatic carbocycles. The van der Waals surface area contributed by atoms with Crippen LogP contribution < -0.4 is 0 Å². The van der Waals surface area contributed by atoms with Gasteiger partial charge in [0.25, 0.3) is 0 Å². The summed E-state index contributed by atoms with van der Waals surface area (Å²) in [6.45, 7) is 3.15. The molecule has 0 unspecified atom stereocenters. The molecule has 1 heteroatoms.